The van der Waals surface area contributed by atoms with Crippen LogP contribution in [0.15, 0.2) is 0 Å². The van der Waals surface area contributed by atoms with Crippen molar-refractivity contribution in [2.75, 3.05) is 13.1 Å². The van der Waals surface area contributed by atoms with Gasteiger partial charge in [0.15, 0.2) is 0 Å². The highest BCUT2D eigenvalue weighted by Crippen LogP contribution is 2.39. The van der Waals surface area contributed by atoms with Gasteiger partial charge in [-0.2, -0.15) is 0 Å². The normalized spacial score (nSPS) is 31.3. The zero-order valence-corrected chi connectivity index (χ0v) is 12.8. The van der Waals surface area contributed by atoms with E-state index in [-0.39, 0.29) is 11.8 Å². The lowest BCUT2D eigenvalue weighted by Crippen LogP contribution is -2.45. The second kappa shape index (κ2) is 5.82. The van der Waals surface area contributed by atoms with Crippen LogP contribution >= 0.6 is 0 Å². The number of primary amides is 1. The molecule has 2 fully saturated rings. The first-order valence-corrected chi connectivity index (χ1v) is 7.91. The van der Waals surface area contributed by atoms with Gasteiger partial charge < -0.3 is 10.6 Å². The van der Waals surface area contributed by atoms with Crippen LogP contribution in [0.1, 0.15) is 59.3 Å². The molecule has 110 valence electrons. The summed E-state index contributed by atoms with van der Waals surface area (Å²) in [5.41, 5.74) is 5.86. The Labute approximate surface area is 117 Å². The molecule has 1 saturated carbocycles. The van der Waals surface area contributed by atoms with Crippen molar-refractivity contribution in [3.05, 3.63) is 0 Å². The van der Waals surface area contributed by atoms with Gasteiger partial charge in [-0.1, -0.05) is 20.8 Å². The second-order valence-corrected chi connectivity index (χ2v) is 7.58. The van der Waals surface area contributed by atoms with Gasteiger partial charge in [0.1, 0.15) is 0 Å². The zero-order valence-electron chi connectivity index (χ0n) is 12.8. The number of likely N-dealkylation sites (tertiary alicyclic amines) is 1. The minimum Gasteiger partial charge on any atom is -0.369 e. The summed E-state index contributed by atoms with van der Waals surface area (Å²) in [5.74, 6) is 0.908. The average Bonchev–Trinajstić information content (AvgIpc) is 2.38. The Balaban J connectivity index is 1.78. The highest BCUT2D eigenvalue weighted by Gasteiger charge is 2.33. The predicted molar refractivity (Wildman–Crippen MR) is 78.7 cm³/mol. The number of rotatable bonds is 2. The van der Waals surface area contributed by atoms with Crippen LogP contribution in [0.3, 0.4) is 0 Å². The van der Waals surface area contributed by atoms with Crippen molar-refractivity contribution in [3.8, 4) is 0 Å². The van der Waals surface area contributed by atoms with Crippen molar-refractivity contribution in [3.63, 3.8) is 0 Å². The minimum atomic E-state index is -0.101. The summed E-state index contributed by atoms with van der Waals surface area (Å²) < 4.78 is 0. The van der Waals surface area contributed by atoms with Gasteiger partial charge in [0, 0.05) is 12.0 Å². The Hall–Kier alpha value is -0.570. The van der Waals surface area contributed by atoms with E-state index in [0.29, 0.717) is 5.41 Å². The first kappa shape index (κ1) is 14.8. The number of nitrogens with two attached hydrogens (primary N) is 1. The Morgan fingerprint density at radius 2 is 1.53 bits per heavy atom. The highest BCUT2D eigenvalue weighted by molar-refractivity contribution is 5.76. The molecular weight excluding hydrogens is 236 g/mol. The van der Waals surface area contributed by atoms with E-state index in [2.05, 4.69) is 25.7 Å². The maximum absolute atomic E-state index is 11.2. The molecule has 0 bridgehead atoms. The van der Waals surface area contributed by atoms with Gasteiger partial charge >= 0.3 is 0 Å². The largest absolute Gasteiger partial charge is 0.369 e. The average molecular weight is 266 g/mol. The Morgan fingerprint density at radius 1 is 1.00 bits per heavy atom. The molecule has 0 aromatic heterocycles. The van der Waals surface area contributed by atoms with E-state index >= 15 is 0 Å². The first-order valence-electron chi connectivity index (χ1n) is 7.91. The molecule has 1 amide bonds. The number of hydrogen-bond acceptors (Lipinski definition) is 2. The van der Waals surface area contributed by atoms with Crippen LogP contribution in [0, 0.1) is 17.3 Å². The van der Waals surface area contributed by atoms with Gasteiger partial charge in [0.2, 0.25) is 5.91 Å². The standard InChI is InChI=1S/C16H30N2O/c1-16(2,3)13-4-6-14(7-5-13)18-10-8-12(9-11-18)15(17)19/h12-14H,4-11H2,1-3H3,(H2,17,19). The van der Waals surface area contributed by atoms with E-state index in [0.717, 1.165) is 37.9 Å². The monoisotopic (exact) mass is 266 g/mol. The summed E-state index contributed by atoms with van der Waals surface area (Å²) in [6.07, 6.45) is 7.34. The Morgan fingerprint density at radius 3 is 1.95 bits per heavy atom. The number of hydrogen-bond donors (Lipinski definition) is 1. The predicted octanol–water partition coefficient (Wildman–Crippen LogP) is 2.79. The first-order chi connectivity index (χ1) is 8.88. The number of carbonyl (C=O) groups is 1. The smallest absolute Gasteiger partial charge is 0.220 e. The summed E-state index contributed by atoms with van der Waals surface area (Å²) in [6, 6.07) is 0.757. The fourth-order valence-electron chi connectivity index (χ4n) is 3.86. The fraction of sp³-hybridized carbons (Fsp3) is 0.938. The van der Waals surface area contributed by atoms with E-state index in [1.807, 2.05) is 0 Å². The molecule has 1 saturated heterocycles. The van der Waals surface area contributed by atoms with Gasteiger partial charge in [0.25, 0.3) is 0 Å². The molecule has 19 heavy (non-hydrogen) atoms. The molecule has 2 aliphatic rings. The topological polar surface area (TPSA) is 46.3 Å². The van der Waals surface area contributed by atoms with E-state index in [4.69, 9.17) is 5.73 Å². The number of nitrogens with zero attached hydrogens (tertiary/aromatic N) is 1. The maximum Gasteiger partial charge on any atom is 0.220 e. The lowest BCUT2D eigenvalue weighted by Gasteiger charge is -2.43. The number of amides is 1. The molecule has 0 aromatic carbocycles. The molecule has 0 radical (unpaired) electrons. The van der Waals surface area contributed by atoms with Crippen LogP contribution < -0.4 is 5.73 Å². The molecule has 3 nitrogen and oxygen atoms in total. The third-order valence-corrected chi connectivity index (χ3v) is 5.37. The molecule has 2 rings (SSSR count). The summed E-state index contributed by atoms with van der Waals surface area (Å²) in [4.78, 5) is 13.8. The fourth-order valence-corrected chi connectivity index (χ4v) is 3.86. The zero-order chi connectivity index (χ0) is 14.0. The molecule has 2 N–H and O–H groups in total. The van der Waals surface area contributed by atoms with Crippen LogP contribution in [-0.4, -0.2) is 29.9 Å². The van der Waals surface area contributed by atoms with Crippen molar-refractivity contribution in [1.29, 1.82) is 0 Å². The molecule has 0 spiro atoms. The maximum atomic E-state index is 11.2. The SMILES string of the molecule is CC(C)(C)C1CCC(N2CCC(C(N)=O)CC2)CC1. The van der Waals surface area contributed by atoms with Gasteiger partial charge in [0.05, 0.1) is 0 Å². The number of piperidine rings is 1. The van der Waals surface area contributed by atoms with E-state index < -0.39 is 0 Å². The molecule has 0 atom stereocenters. The van der Waals surface area contributed by atoms with Crippen LogP contribution in [0.5, 0.6) is 0 Å². The van der Waals surface area contributed by atoms with Crippen molar-refractivity contribution in [1.82, 2.24) is 4.90 Å². The summed E-state index contributed by atoms with van der Waals surface area (Å²) in [5, 5.41) is 0. The van der Waals surface area contributed by atoms with Crippen LogP contribution in [0.25, 0.3) is 0 Å². The van der Waals surface area contributed by atoms with Crippen molar-refractivity contribution >= 4 is 5.91 Å². The molecule has 3 heteroatoms. The van der Waals surface area contributed by atoms with Crippen LogP contribution in [0.4, 0.5) is 0 Å². The van der Waals surface area contributed by atoms with E-state index in [1.165, 1.54) is 25.7 Å². The van der Waals surface area contributed by atoms with Gasteiger partial charge in [-0.15, -0.1) is 0 Å². The van der Waals surface area contributed by atoms with Crippen molar-refractivity contribution in [2.45, 2.75) is 65.3 Å². The molecule has 1 aliphatic heterocycles. The Bertz CT molecular complexity index is 305. The second-order valence-electron chi connectivity index (χ2n) is 7.58. The highest BCUT2D eigenvalue weighted by atomic mass is 16.1. The van der Waals surface area contributed by atoms with Crippen molar-refractivity contribution < 1.29 is 4.79 Å². The van der Waals surface area contributed by atoms with Gasteiger partial charge in [-0.3, -0.25) is 4.79 Å². The van der Waals surface area contributed by atoms with Gasteiger partial charge in [-0.25, -0.2) is 0 Å². The molecule has 0 aromatic rings. The summed E-state index contributed by atoms with van der Waals surface area (Å²) in [7, 11) is 0. The third-order valence-electron chi connectivity index (χ3n) is 5.37. The summed E-state index contributed by atoms with van der Waals surface area (Å²) >= 11 is 0. The summed E-state index contributed by atoms with van der Waals surface area (Å²) in [6.45, 7) is 9.25. The van der Waals surface area contributed by atoms with E-state index in [1.54, 1.807) is 0 Å². The molecular formula is C16H30N2O. The van der Waals surface area contributed by atoms with Crippen LogP contribution in [0.2, 0.25) is 0 Å². The van der Waals surface area contributed by atoms with Gasteiger partial charge in [-0.05, 0) is 62.9 Å². The molecule has 1 heterocycles. The lowest BCUT2D eigenvalue weighted by molar-refractivity contribution is -0.123. The van der Waals surface area contributed by atoms with E-state index in [9.17, 15) is 4.79 Å². The van der Waals surface area contributed by atoms with Crippen molar-refractivity contribution in [2.24, 2.45) is 23.0 Å². The minimum absolute atomic E-state index is 0.101. The molecule has 1 aliphatic carbocycles. The number of carbonyl (C=O) groups excluding carboxylic acids is 1. The third kappa shape index (κ3) is 3.71. The Kier molecular flexibility index (Phi) is 4.54. The lowest BCUT2D eigenvalue weighted by atomic mass is 9.71. The molecule has 0 unspecified atom stereocenters. The quantitative estimate of drug-likeness (QED) is 0.835. The van der Waals surface area contributed by atoms with Crippen LogP contribution in [-0.2, 0) is 4.79 Å².